The van der Waals surface area contributed by atoms with E-state index in [1.54, 1.807) is 0 Å². The lowest BCUT2D eigenvalue weighted by Gasteiger charge is -2.38. The number of benzene rings is 5. The Balaban J connectivity index is 0.000000789. The Morgan fingerprint density at radius 2 is 0.967 bits per heavy atom. The van der Waals surface area contributed by atoms with Crippen LogP contribution in [-0.4, -0.2) is 6.71 Å². The normalized spacial score (nSPS) is 13.5. The maximum atomic E-state index is 2.34. The summed E-state index contributed by atoms with van der Waals surface area (Å²) in [5.41, 5.74) is 10.2. The second-order valence-corrected chi connectivity index (χ2v) is 9.15. The fourth-order valence-electron chi connectivity index (χ4n) is 5.87. The van der Waals surface area contributed by atoms with Crippen molar-refractivity contribution in [1.82, 2.24) is 0 Å². The molecule has 30 heavy (non-hydrogen) atoms. The van der Waals surface area contributed by atoms with Crippen LogP contribution < -0.4 is 16.4 Å². The number of fused-ring (bicyclic) bond motifs is 2. The Morgan fingerprint density at radius 3 is 1.50 bits per heavy atom. The number of rotatable bonds is 0. The smallest absolute Gasteiger partial charge is 0.0911 e. The molecule has 0 saturated heterocycles. The molecule has 8 rings (SSSR count). The van der Waals surface area contributed by atoms with E-state index in [0.717, 1.165) is 0 Å². The van der Waals surface area contributed by atoms with E-state index in [-0.39, 0.29) is 0 Å². The number of hydrogen-bond acceptors (Lipinski definition) is 1. The molecule has 0 saturated carbocycles. The Labute approximate surface area is 181 Å². The Kier molecular flexibility index (Phi) is 3.25. The van der Waals surface area contributed by atoms with Crippen molar-refractivity contribution in [3.8, 4) is 22.3 Å². The lowest BCUT2D eigenvalue weighted by molar-refractivity contribution is 1.45. The van der Waals surface area contributed by atoms with Gasteiger partial charge in [0.1, 0.15) is 0 Å². The monoisotopic (exact) mass is 398 g/mol. The maximum absolute atomic E-state index is 2.34. The van der Waals surface area contributed by atoms with Crippen molar-refractivity contribution >= 4 is 56.4 Å². The Morgan fingerprint density at radius 1 is 0.500 bits per heavy atom. The van der Waals surface area contributed by atoms with Crippen LogP contribution in [0.2, 0.25) is 0 Å². The third-order valence-electron chi connectivity index (χ3n) is 6.86. The molecule has 140 valence electrons. The summed E-state index contributed by atoms with van der Waals surface area (Å²) < 4.78 is 0. The molecule has 0 nitrogen and oxygen atoms in total. The largest absolute Gasteiger partial charge is 0.247 e. The minimum Gasteiger partial charge on any atom is -0.0911 e. The summed E-state index contributed by atoms with van der Waals surface area (Å²) in [6, 6.07) is 29.8. The fraction of sp³-hybridized carbons (Fsp3) is 0.0714. The molecule has 2 heteroatoms. The van der Waals surface area contributed by atoms with E-state index >= 15 is 0 Å². The average molecular weight is 398 g/mol. The first-order valence-electron chi connectivity index (χ1n) is 10.8. The predicted octanol–water partition coefficient (Wildman–Crippen LogP) is 5.96. The molecule has 0 unspecified atom stereocenters. The van der Waals surface area contributed by atoms with Gasteiger partial charge in [0.25, 0.3) is 0 Å². The van der Waals surface area contributed by atoms with Crippen LogP contribution in [0.25, 0.3) is 43.8 Å². The topological polar surface area (TPSA) is 0 Å². The van der Waals surface area contributed by atoms with Crippen LogP contribution in [0.1, 0.15) is 13.8 Å². The molecule has 0 N–H and O–H groups in total. The van der Waals surface area contributed by atoms with Gasteiger partial charge in [-0.25, -0.2) is 0 Å². The van der Waals surface area contributed by atoms with E-state index in [4.69, 9.17) is 0 Å². The molecule has 0 aliphatic carbocycles. The van der Waals surface area contributed by atoms with Crippen LogP contribution in [0, 0.1) is 0 Å². The lowest BCUT2D eigenvalue weighted by atomic mass is 9.31. The second kappa shape index (κ2) is 5.80. The van der Waals surface area contributed by atoms with Crippen molar-refractivity contribution in [2.75, 3.05) is 0 Å². The number of hydrogen-bond donors (Lipinski definition) is 0. The van der Waals surface area contributed by atoms with E-state index in [0.29, 0.717) is 6.71 Å². The van der Waals surface area contributed by atoms with Crippen LogP contribution >= 0.6 is 11.8 Å². The molecule has 0 fully saturated rings. The molecule has 3 heterocycles. The van der Waals surface area contributed by atoms with E-state index in [1.807, 2.05) is 25.6 Å². The molecule has 0 spiro atoms. The maximum Gasteiger partial charge on any atom is 0.247 e. The first kappa shape index (κ1) is 16.8. The quantitative estimate of drug-likeness (QED) is 0.284. The summed E-state index contributed by atoms with van der Waals surface area (Å²) in [6.07, 6.45) is 0. The second-order valence-electron chi connectivity index (χ2n) is 8.06. The van der Waals surface area contributed by atoms with E-state index in [2.05, 4.69) is 78.9 Å². The van der Waals surface area contributed by atoms with Crippen molar-refractivity contribution in [2.45, 2.75) is 23.6 Å². The van der Waals surface area contributed by atoms with Gasteiger partial charge in [0, 0.05) is 9.79 Å². The van der Waals surface area contributed by atoms with E-state index in [9.17, 15) is 0 Å². The molecule has 5 aromatic rings. The van der Waals surface area contributed by atoms with Crippen molar-refractivity contribution in [3.05, 3.63) is 78.9 Å². The van der Waals surface area contributed by atoms with Gasteiger partial charge in [-0.05, 0) is 66.9 Å². The highest BCUT2D eigenvalue weighted by Gasteiger charge is 2.42. The first-order chi connectivity index (χ1) is 14.9. The zero-order valence-electron chi connectivity index (χ0n) is 17.0. The van der Waals surface area contributed by atoms with Gasteiger partial charge in [0.15, 0.2) is 0 Å². The highest BCUT2D eigenvalue weighted by molar-refractivity contribution is 8.00. The van der Waals surface area contributed by atoms with Crippen molar-refractivity contribution in [1.29, 1.82) is 0 Å². The van der Waals surface area contributed by atoms with Crippen molar-refractivity contribution in [3.63, 3.8) is 0 Å². The fourth-order valence-corrected chi connectivity index (χ4v) is 7.04. The van der Waals surface area contributed by atoms with Crippen LogP contribution in [-0.2, 0) is 0 Å². The van der Waals surface area contributed by atoms with Crippen molar-refractivity contribution < 1.29 is 0 Å². The molecular formula is C28H19BS. The molecule has 3 aliphatic rings. The third kappa shape index (κ3) is 1.82. The van der Waals surface area contributed by atoms with Crippen LogP contribution in [0.5, 0.6) is 0 Å². The summed E-state index contributed by atoms with van der Waals surface area (Å²) >= 11 is 1.96. The minimum absolute atomic E-state index is 0.356. The highest BCUT2D eigenvalue weighted by Crippen LogP contribution is 2.44. The summed E-state index contributed by atoms with van der Waals surface area (Å²) in [5.74, 6) is 0. The SMILES string of the molecule is CC.c1cc2c3c(c1)-c1cccc4ccc5c(c14)B3c1c(ccc3cccc-2c13)S5. The summed E-state index contributed by atoms with van der Waals surface area (Å²) in [7, 11) is 0. The van der Waals surface area contributed by atoms with Crippen LogP contribution in [0.15, 0.2) is 88.7 Å². The first-order valence-corrected chi connectivity index (χ1v) is 11.6. The summed E-state index contributed by atoms with van der Waals surface area (Å²) in [6.45, 7) is 4.36. The molecule has 0 bridgehead atoms. The minimum atomic E-state index is 0.356. The van der Waals surface area contributed by atoms with Crippen molar-refractivity contribution in [2.24, 2.45) is 0 Å². The van der Waals surface area contributed by atoms with Gasteiger partial charge in [-0.3, -0.25) is 0 Å². The average Bonchev–Trinajstić information content (AvgIpc) is 2.82. The molecule has 5 aromatic carbocycles. The van der Waals surface area contributed by atoms with Gasteiger partial charge in [-0.2, -0.15) is 0 Å². The van der Waals surface area contributed by atoms with Gasteiger partial charge in [0.2, 0.25) is 6.71 Å². The molecule has 0 radical (unpaired) electrons. The summed E-state index contributed by atoms with van der Waals surface area (Å²) in [5, 5.41) is 5.65. The zero-order valence-corrected chi connectivity index (χ0v) is 17.8. The van der Waals surface area contributed by atoms with Crippen LogP contribution in [0.3, 0.4) is 0 Å². The molecule has 0 atom stereocenters. The Bertz CT molecular complexity index is 1430. The van der Waals surface area contributed by atoms with E-state index < -0.39 is 0 Å². The van der Waals surface area contributed by atoms with Gasteiger partial charge >= 0.3 is 0 Å². The van der Waals surface area contributed by atoms with Crippen LogP contribution in [0.4, 0.5) is 0 Å². The predicted molar refractivity (Wildman–Crippen MR) is 132 cm³/mol. The third-order valence-corrected chi connectivity index (χ3v) is 8.02. The standard InChI is InChI=1S/C26H13BS.C2H6/c1-4-14-10-12-20-25-22(14)16(6-1)18-8-3-9-19-17-7-2-5-15-11-13-21(28-20)26(23(15)17)27(25)24(18)19;1-2/h1-13H;1-2H3. The molecule has 3 aliphatic heterocycles. The molecular weight excluding hydrogens is 379 g/mol. The van der Waals surface area contributed by atoms with Gasteiger partial charge in [-0.1, -0.05) is 97.8 Å². The van der Waals surface area contributed by atoms with E-state index in [1.165, 1.54) is 70.0 Å². The lowest BCUT2D eigenvalue weighted by Crippen LogP contribution is -2.59. The Hall–Kier alpha value is -2.97. The highest BCUT2D eigenvalue weighted by atomic mass is 32.2. The van der Waals surface area contributed by atoms with Gasteiger partial charge < -0.3 is 0 Å². The van der Waals surface area contributed by atoms with Gasteiger partial charge in [0.05, 0.1) is 0 Å². The van der Waals surface area contributed by atoms with Gasteiger partial charge in [-0.15, -0.1) is 0 Å². The zero-order chi connectivity index (χ0) is 20.0. The molecule has 0 aromatic heterocycles. The molecule has 0 amide bonds. The summed E-state index contributed by atoms with van der Waals surface area (Å²) in [4.78, 5) is 2.85.